The van der Waals surface area contributed by atoms with Crippen molar-refractivity contribution in [3.05, 3.63) is 69.8 Å². The van der Waals surface area contributed by atoms with Crippen LogP contribution in [0.3, 0.4) is 0 Å². The maximum absolute atomic E-state index is 13.3. The van der Waals surface area contributed by atoms with Crippen molar-refractivity contribution in [2.45, 2.75) is 52.4 Å². The molecule has 0 heterocycles. The van der Waals surface area contributed by atoms with Crippen molar-refractivity contribution in [2.75, 3.05) is 0 Å². The molecule has 0 spiro atoms. The molecule has 172 valence electrons. The Kier molecular flexibility index (Phi) is 5.26. The molecule has 5 nitrogen and oxygen atoms in total. The lowest BCUT2D eigenvalue weighted by Crippen LogP contribution is -2.50. The van der Waals surface area contributed by atoms with Gasteiger partial charge in [0.15, 0.2) is 11.6 Å². The van der Waals surface area contributed by atoms with E-state index < -0.39 is 4.92 Å². The first-order valence-electron chi connectivity index (χ1n) is 12.1. The minimum Gasteiger partial charge on any atom is -0.295 e. The van der Waals surface area contributed by atoms with Crippen LogP contribution in [0.1, 0.15) is 57.9 Å². The van der Waals surface area contributed by atoms with Crippen LogP contribution in [0.25, 0.3) is 6.08 Å². The van der Waals surface area contributed by atoms with E-state index in [0.29, 0.717) is 23.3 Å². The number of nitro benzene ring substituents is 1. The first kappa shape index (κ1) is 22.0. The molecule has 0 aliphatic heterocycles. The highest BCUT2D eigenvalue weighted by molar-refractivity contribution is 6.01. The molecular formula is C28H31NO4. The predicted octanol–water partition coefficient (Wildman–Crippen LogP) is 6.10. The number of para-hydroxylation sites is 1. The summed E-state index contributed by atoms with van der Waals surface area (Å²) in [6.07, 6.45) is 15.0. The second-order valence-electron chi connectivity index (χ2n) is 10.8. The highest BCUT2D eigenvalue weighted by atomic mass is 16.6. The Balaban J connectivity index is 1.37. The number of carbonyl (C=O) groups is 2. The minimum absolute atomic E-state index is 0.0240. The van der Waals surface area contributed by atoms with Gasteiger partial charge in [0, 0.05) is 17.4 Å². The first-order chi connectivity index (χ1) is 15.7. The fraction of sp³-hybridized carbons (Fsp3) is 0.500. The Bertz CT molecular complexity index is 1110. The third kappa shape index (κ3) is 3.44. The van der Waals surface area contributed by atoms with E-state index in [1.54, 1.807) is 36.4 Å². The zero-order valence-corrected chi connectivity index (χ0v) is 19.3. The van der Waals surface area contributed by atoms with Gasteiger partial charge in [-0.2, -0.15) is 0 Å². The van der Waals surface area contributed by atoms with E-state index in [2.05, 4.69) is 19.9 Å². The molecule has 6 atom stereocenters. The molecule has 1 aromatic carbocycles. The molecule has 4 aliphatic carbocycles. The van der Waals surface area contributed by atoms with Crippen molar-refractivity contribution in [1.29, 1.82) is 0 Å². The van der Waals surface area contributed by atoms with Gasteiger partial charge in [-0.3, -0.25) is 19.7 Å². The Labute approximate surface area is 194 Å². The lowest BCUT2D eigenvalue weighted by Gasteiger charge is -2.56. The van der Waals surface area contributed by atoms with Crippen LogP contribution in [0.4, 0.5) is 5.69 Å². The summed E-state index contributed by atoms with van der Waals surface area (Å²) in [5, 5.41) is 11.3. The lowest BCUT2D eigenvalue weighted by molar-refractivity contribution is -0.385. The fourth-order valence-electron chi connectivity index (χ4n) is 7.75. The molecule has 0 saturated heterocycles. The maximum Gasteiger partial charge on any atom is 0.276 e. The molecule has 0 unspecified atom stereocenters. The number of nitrogens with zero attached hydrogens (tertiary/aromatic N) is 1. The Morgan fingerprint density at radius 3 is 2.70 bits per heavy atom. The second-order valence-corrected chi connectivity index (χ2v) is 10.8. The normalized spacial score (nSPS) is 37.3. The van der Waals surface area contributed by atoms with Crippen LogP contribution in [0.2, 0.25) is 0 Å². The number of nitro groups is 1. The van der Waals surface area contributed by atoms with Crippen LogP contribution in [-0.2, 0) is 9.59 Å². The molecule has 0 aromatic heterocycles. The number of rotatable bonds is 4. The third-order valence-corrected chi connectivity index (χ3v) is 9.46. The Hall–Kier alpha value is -2.82. The average Bonchev–Trinajstić information content (AvgIpc) is 3.15. The van der Waals surface area contributed by atoms with E-state index >= 15 is 0 Å². The summed E-state index contributed by atoms with van der Waals surface area (Å²) in [5.74, 6) is 1.78. The van der Waals surface area contributed by atoms with E-state index in [1.165, 1.54) is 11.6 Å². The molecule has 5 rings (SSSR count). The summed E-state index contributed by atoms with van der Waals surface area (Å²) in [5.41, 5.74) is 1.72. The minimum atomic E-state index is -0.405. The number of allylic oxidation sites excluding steroid dienone is 5. The molecular weight excluding hydrogens is 414 g/mol. The van der Waals surface area contributed by atoms with Crippen molar-refractivity contribution < 1.29 is 14.5 Å². The number of fused-ring (bicyclic) bond motifs is 5. The summed E-state index contributed by atoms with van der Waals surface area (Å²) in [4.78, 5) is 36.2. The van der Waals surface area contributed by atoms with Crippen LogP contribution in [0, 0.1) is 44.6 Å². The van der Waals surface area contributed by atoms with Gasteiger partial charge in [-0.25, -0.2) is 0 Å². The van der Waals surface area contributed by atoms with Crippen LogP contribution in [0.15, 0.2) is 54.1 Å². The van der Waals surface area contributed by atoms with Gasteiger partial charge in [0.2, 0.25) is 0 Å². The summed E-state index contributed by atoms with van der Waals surface area (Å²) < 4.78 is 0. The molecule has 0 bridgehead atoms. The third-order valence-electron chi connectivity index (χ3n) is 9.46. The van der Waals surface area contributed by atoms with Crippen molar-refractivity contribution in [3.8, 4) is 0 Å². The molecule has 0 amide bonds. The Morgan fingerprint density at radius 2 is 1.91 bits per heavy atom. The van der Waals surface area contributed by atoms with Gasteiger partial charge < -0.3 is 0 Å². The largest absolute Gasteiger partial charge is 0.295 e. The highest BCUT2D eigenvalue weighted by Crippen LogP contribution is 2.66. The zero-order chi connectivity index (χ0) is 23.4. The van der Waals surface area contributed by atoms with E-state index in [4.69, 9.17) is 0 Å². The van der Waals surface area contributed by atoms with Gasteiger partial charge in [0.25, 0.3) is 5.69 Å². The smallest absolute Gasteiger partial charge is 0.276 e. The molecule has 5 heteroatoms. The van der Waals surface area contributed by atoms with Crippen molar-refractivity contribution >= 4 is 23.3 Å². The topological polar surface area (TPSA) is 77.3 Å². The summed E-state index contributed by atoms with van der Waals surface area (Å²) in [6.45, 7) is 4.60. The molecule has 0 radical (unpaired) electrons. The fourth-order valence-corrected chi connectivity index (χ4v) is 7.75. The van der Waals surface area contributed by atoms with Gasteiger partial charge in [-0.1, -0.05) is 37.6 Å². The van der Waals surface area contributed by atoms with Gasteiger partial charge in [-0.05, 0) is 92.1 Å². The number of benzene rings is 1. The quantitative estimate of drug-likeness (QED) is 0.319. The number of carbonyl (C=O) groups excluding carboxylic acids is 2. The lowest BCUT2D eigenvalue weighted by atomic mass is 9.47. The van der Waals surface area contributed by atoms with Crippen molar-refractivity contribution in [3.63, 3.8) is 0 Å². The number of hydrogen-bond acceptors (Lipinski definition) is 4. The van der Waals surface area contributed by atoms with Crippen molar-refractivity contribution in [1.82, 2.24) is 0 Å². The zero-order valence-electron chi connectivity index (χ0n) is 19.3. The van der Waals surface area contributed by atoms with Gasteiger partial charge in [0.05, 0.1) is 10.5 Å². The van der Waals surface area contributed by atoms with Crippen LogP contribution in [-0.4, -0.2) is 16.5 Å². The first-order valence-corrected chi connectivity index (χ1v) is 12.1. The van der Waals surface area contributed by atoms with Crippen LogP contribution < -0.4 is 0 Å². The molecule has 1 aromatic rings. The standard InChI is InChI=1S/C28H31NO4/c1-27-15-13-20(30)17-19(27)8-9-21-22-10-11-24(28(22,2)16-14-23(21)27)26(31)12-7-18-5-3-4-6-25(18)29(32)33/h3-7,12-13,15,17,21-24H,8-11,14,16H2,1-2H3/b12-7+/t21-,22-,23-,24+,27-,28-/m0/s1. The average molecular weight is 446 g/mol. The predicted molar refractivity (Wildman–Crippen MR) is 127 cm³/mol. The van der Waals surface area contributed by atoms with Gasteiger partial charge >= 0.3 is 0 Å². The Morgan fingerprint density at radius 1 is 1.12 bits per heavy atom. The van der Waals surface area contributed by atoms with E-state index in [9.17, 15) is 19.7 Å². The summed E-state index contributed by atoms with van der Waals surface area (Å²) in [6, 6.07) is 6.55. The second kappa shape index (κ2) is 7.89. The molecule has 33 heavy (non-hydrogen) atoms. The van der Waals surface area contributed by atoms with E-state index in [-0.39, 0.29) is 34.0 Å². The van der Waals surface area contributed by atoms with Gasteiger partial charge in [-0.15, -0.1) is 0 Å². The molecule has 0 N–H and O–H groups in total. The SMILES string of the molecule is C[C@]12CC[C@H]3[C@@H](CCC4=CC(=O)C=C[C@@]43C)[C@@H]1CC[C@@H]2C(=O)/C=C/c1ccccc1[N+](=O)[O-]. The monoisotopic (exact) mass is 445 g/mol. The number of hydrogen-bond donors (Lipinski definition) is 0. The maximum atomic E-state index is 13.3. The molecule has 3 fully saturated rings. The number of ketones is 2. The summed E-state index contributed by atoms with van der Waals surface area (Å²) >= 11 is 0. The molecule has 4 aliphatic rings. The van der Waals surface area contributed by atoms with Crippen LogP contribution in [0.5, 0.6) is 0 Å². The van der Waals surface area contributed by atoms with E-state index in [0.717, 1.165) is 38.5 Å². The van der Waals surface area contributed by atoms with Crippen molar-refractivity contribution in [2.24, 2.45) is 34.5 Å². The van der Waals surface area contributed by atoms with Crippen LogP contribution >= 0.6 is 0 Å². The highest BCUT2D eigenvalue weighted by Gasteiger charge is 2.59. The van der Waals surface area contributed by atoms with Gasteiger partial charge in [0.1, 0.15) is 0 Å². The van der Waals surface area contributed by atoms with E-state index in [1.807, 2.05) is 6.08 Å². The summed E-state index contributed by atoms with van der Waals surface area (Å²) in [7, 11) is 0. The molecule has 3 saturated carbocycles.